The Morgan fingerprint density at radius 2 is 0.696 bits per heavy atom. The van der Waals surface area contributed by atoms with Crippen molar-refractivity contribution in [3.05, 3.63) is 0 Å². The Morgan fingerprint density at radius 1 is 0.478 bits per heavy atom. The van der Waals surface area contributed by atoms with Crippen molar-refractivity contribution in [1.82, 2.24) is 0 Å². The molecule has 0 saturated carbocycles. The van der Waals surface area contributed by atoms with Crippen LogP contribution in [0.25, 0.3) is 0 Å². The van der Waals surface area contributed by atoms with Crippen molar-refractivity contribution in [2.75, 3.05) is 39.6 Å². The molecule has 6 nitrogen and oxygen atoms in total. The molecule has 140 valence electrons. The zero-order chi connectivity index (χ0) is 17.8. The lowest BCUT2D eigenvalue weighted by Crippen LogP contribution is -2.64. The maximum atomic E-state index is 6.10. The Balaban J connectivity index is 5.91. The van der Waals surface area contributed by atoms with Gasteiger partial charge in [-0.3, -0.25) is 0 Å². The molecule has 0 fully saturated rings. The van der Waals surface area contributed by atoms with E-state index in [1.807, 2.05) is 41.5 Å². The van der Waals surface area contributed by atoms with Gasteiger partial charge in [0.1, 0.15) is 0 Å². The molecule has 0 radical (unpaired) electrons. The van der Waals surface area contributed by atoms with Gasteiger partial charge in [0.25, 0.3) is 0 Å². The van der Waals surface area contributed by atoms with Gasteiger partial charge in [0.2, 0.25) is 0 Å². The van der Waals surface area contributed by atoms with Gasteiger partial charge in [-0.1, -0.05) is 6.92 Å². The summed E-state index contributed by atoms with van der Waals surface area (Å²) in [4.78, 5) is 0. The molecule has 0 bridgehead atoms. The summed E-state index contributed by atoms with van der Waals surface area (Å²) in [6.07, 6.45) is 0.762. The first kappa shape index (κ1) is 23.2. The molecule has 0 aromatic heterocycles. The molecule has 0 saturated heterocycles. The lowest BCUT2D eigenvalue weighted by molar-refractivity contribution is 0.0320. The van der Waals surface area contributed by atoms with Gasteiger partial charge in [0.15, 0.2) is 0 Å². The van der Waals surface area contributed by atoms with Crippen molar-refractivity contribution in [2.24, 2.45) is 0 Å². The predicted molar refractivity (Wildman–Crippen MR) is 95.3 cm³/mol. The maximum absolute atomic E-state index is 6.10. The summed E-state index contributed by atoms with van der Waals surface area (Å²) in [6.45, 7) is 17.0. The minimum atomic E-state index is -2.99. The van der Waals surface area contributed by atoms with Crippen LogP contribution in [0.2, 0.25) is 5.16 Å². The van der Waals surface area contributed by atoms with Crippen molar-refractivity contribution in [2.45, 2.75) is 60.1 Å². The maximum Gasteiger partial charge on any atom is 0.508 e. The van der Waals surface area contributed by atoms with Gasteiger partial charge in [-0.05, 0) is 48.0 Å². The number of hydrogen-bond acceptors (Lipinski definition) is 6. The van der Waals surface area contributed by atoms with Crippen LogP contribution in [0.5, 0.6) is 0 Å². The molecule has 8 heteroatoms. The lowest BCUT2D eigenvalue weighted by Gasteiger charge is -2.42. The predicted octanol–water partition coefficient (Wildman–Crippen LogP) is 3.40. The van der Waals surface area contributed by atoms with Gasteiger partial charge >= 0.3 is 17.6 Å². The Morgan fingerprint density at radius 3 is 0.826 bits per heavy atom. The van der Waals surface area contributed by atoms with Crippen molar-refractivity contribution in [3.8, 4) is 0 Å². The third-order valence-corrected chi connectivity index (χ3v) is 12.1. The molecule has 0 aromatic rings. The van der Waals surface area contributed by atoms with E-state index in [1.54, 1.807) is 0 Å². The number of rotatable bonds is 15. The van der Waals surface area contributed by atoms with Crippen LogP contribution in [0, 0.1) is 0 Å². The molecule has 0 atom stereocenters. The van der Waals surface area contributed by atoms with Crippen LogP contribution in [0.4, 0.5) is 0 Å². The molecule has 0 aromatic carbocycles. The van der Waals surface area contributed by atoms with Crippen LogP contribution in [-0.2, 0) is 26.6 Å². The zero-order valence-corrected chi connectivity index (χ0v) is 18.0. The minimum absolute atomic E-state index is 0.130. The summed E-state index contributed by atoms with van der Waals surface area (Å²) in [6, 6.07) is 0. The quantitative estimate of drug-likeness (QED) is 0.413. The molecule has 0 amide bonds. The van der Waals surface area contributed by atoms with Gasteiger partial charge < -0.3 is 26.6 Å². The lowest BCUT2D eigenvalue weighted by atomic mass is 10.6. The third kappa shape index (κ3) is 6.20. The van der Waals surface area contributed by atoms with Crippen molar-refractivity contribution >= 4 is 17.6 Å². The monoisotopic (exact) mass is 368 g/mol. The molecule has 0 aliphatic heterocycles. The van der Waals surface area contributed by atoms with Gasteiger partial charge in [-0.15, -0.1) is 0 Å². The second kappa shape index (κ2) is 12.5. The van der Waals surface area contributed by atoms with E-state index in [-0.39, 0.29) is 5.16 Å². The number of hydrogen-bond donors (Lipinski definition) is 0. The highest BCUT2D eigenvalue weighted by molar-refractivity contribution is 6.82. The van der Waals surface area contributed by atoms with E-state index in [9.17, 15) is 0 Å². The van der Waals surface area contributed by atoms with Crippen molar-refractivity contribution < 1.29 is 26.6 Å². The molecule has 0 N–H and O–H groups in total. The summed E-state index contributed by atoms with van der Waals surface area (Å²) in [5.41, 5.74) is 0. The van der Waals surface area contributed by atoms with Gasteiger partial charge in [-0.2, -0.15) is 0 Å². The van der Waals surface area contributed by atoms with Crippen molar-refractivity contribution in [3.63, 3.8) is 0 Å². The average molecular weight is 369 g/mol. The molecule has 0 rings (SSSR count). The Kier molecular flexibility index (Phi) is 12.6. The van der Waals surface area contributed by atoms with Crippen LogP contribution < -0.4 is 0 Å². The Hall–Kier alpha value is 0.194. The normalized spacial score (nSPS) is 13.0. The summed E-state index contributed by atoms with van der Waals surface area (Å²) in [7, 11) is -5.97. The molecule has 0 unspecified atom stereocenters. The standard InChI is InChI=1S/C15H36O6Si2/c1-8-15(22(16-9-2,17-10-3)18-11-4)23(19-12-5,20-13-6)21-14-7/h15H,8-14H2,1-7H3. The second-order valence-electron chi connectivity index (χ2n) is 4.77. The fourth-order valence-corrected chi connectivity index (χ4v) is 11.1. The summed E-state index contributed by atoms with van der Waals surface area (Å²) in [5, 5.41) is -0.130. The third-order valence-electron chi connectivity index (χ3n) is 3.33. The van der Waals surface area contributed by atoms with E-state index in [0.29, 0.717) is 39.6 Å². The van der Waals surface area contributed by atoms with E-state index >= 15 is 0 Å². The second-order valence-corrected chi connectivity index (χ2v) is 10.9. The minimum Gasteiger partial charge on any atom is -0.374 e. The zero-order valence-electron chi connectivity index (χ0n) is 16.0. The smallest absolute Gasteiger partial charge is 0.374 e. The van der Waals surface area contributed by atoms with Crippen LogP contribution in [0.15, 0.2) is 0 Å². The molecule has 0 heterocycles. The van der Waals surface area contributed by atoms with Gasteiger partial charge in [0, 0.05) is 39.6 Å². The topological polar surface area (TPSA) is 55.4 Å². The Bertz CT molecular complexity index is 233. The van der Waals surface area contributed by atoms with Crippen LogP contribution in [-0.4, -0.2) is 57.3 Å². The highest BCUT2D eigenvalue weighted by Gasteiger charge is 2.64. The first-order valence-corrected chi connectivity index (χ1v) is 12.5. The first-order chi connectivity index (χ1) is 11.1. The summed E-state index contributed by atoms with van der Waals surface area (Å²) < 4.78 is 36.6. The van der Waals surface area contributed by atoms with E-state index in [2.05, 4.69) is 6.92 Å². The molecule has 23 heavy (non-hydrogen) atoms. The van der Waals surface area contributed by atoms with Gasteiger partial charge in [-0.25, -0.2) is 0 Å². The van der Waals surface area contributed by atoms with Crippen LogP contribution in [0.3, 0.4) is 0 Å². The van der Waals surface area contributed by atoms with E-state index in [1.165, 1.54) is 0 Å². The molecule has 0 aliphatic carbocycles. The fraction of sp³-hybridized carbons (Fsp3) is 1.00. The van der Waals surface area contributed by atoms with Gasteiger partial charge in [0.05, 0.1) is 5.16 Å². The molecule has 0 spiro atoms. The Labute approximate surface area is 144 Å². The van der Waals surface area contributed by atoms with Crippen molar-refractivity contribution in [1.29, 1.82) is 0 Å². The van der Waals surface area contributed by atoms with E-state index < -0.39 is 17.6 Å². The highest BCUT2D eigenvalue weighted by atomic mass is 28.5. The van der Waals surface area contributed by atoms with E-state index in [4.69, 9.17) is 26.6 Å². The molecular formula is C15H36O6Si2. The molecular weight excluding hydrogens is 332 g/mol. The first-order valence-electron chi connectivity index (χ1n) is 8.89. The summed E-state index contributed by atoms with van der Waals surface area (Å²) in [5.74, 6) is 0. The average Bonchev–Trinajstić information content (AvgIpc) is 2.49. The SMILES string of the molecule is CCO[Si](OCC)(OCC)C(CC)[Si](OCC)(OCC)OCC. The fourth-order valence-electron chi connectivity index (χ4n) is 2.78. The highest BCUT2D eigenvalue weighted by Crippen LogP contribution is 2.39. The van der Waals surface area contributed by atoms with Crippen LogP contribution >= 0.6 is 0 Å². The molecule has 0 aliphatic rings. The van der Waals surface area contributed by atoms with E-state index in [0.717, 1.165) is 6.42 Å². The largest absolute Gasteiger partial charge is 0.508 e. The summed E-state index contributed by atoms with van der Waals surface area (Å²) >= 11 is 0. The van der Waals surface area contributed by atoms with Crippen LogP contribution in [0.1, 0.15) is 54.9 Å².